The first-order valence-electron chi connectivity index (χ1n) is 6.45. The van der Waals surface area contributed by atoms with Crippen LogP contribution in [0.1, 0.15) is 44.9 Å². The maximum atomic E-state index is 12.1. The van der Waals surface area contributed by atoms with Gasteiger partial charge >= 0.3 is 0 Å². The molecule has 0 N–H and O–H groups in total. The lowest BCUT2D eigenvalue weighted by molar-refractivity contribution is -0.127. The summed E-state index contributed by atoms with van der Waals surface area (Å²) >= 11 is 0. The van der Waals surface area contributed by atoms with E-state index in [0.29, 0.717) is 12.1 Å². The van der Waals surface area contributed by atoms with Crippen LogP contribution in [-0.4, -0.2) is 17.4 Å². The third-order valence-corrected chi connectivity index (χ3v) is 3.03. The van der Waals surface area contributed by atoms with Crippen LogP contribution < -0.4 is 0 Å². The third kappa shape index (κ3) is 3.96. The zero-order valence-electron chi connectivity index (χ0n) is 12.0. The number of carbonyl (C=O) groups excluding carboxylic acids is 1. The summed E-state index contributed by atoms with van der Waals surface area (Å²) in [5.74, 6) is 0.0272. The largest absolute Gasteiger partial charge is 0.333 e. The minimum absolute atomic E-state index is 0.000780. The summed E-state index contributed by atoms with van der Waals surface area (Å²) in [7, 11) is 0. The zero-order valence-corrected chi connectivity index (χ0v) is 12.0. The second kappa shape index (κ2) is 6.75. The van der Waals surface area contributed by atoms with Crippen molar-refractivity contribution in [3.05, 3.63) is 47.0 Å². The normalized spacial score (nSPS) is 11.3. The van der Waals surface area contributed by atoms with Crippen LogP contribution in [0.5, 0.6) is 0 Å². The standard InChI is InChI=1S/C16H20N2O/c1-5-18(16(19)10-12(2)3)13(4)15-8-6-14(11-17)7-9-15/h6-10,13H,5H2,1-4H3. The third-order valence-electron chi connectivity index (χ3n) is 3.03. The highest BCUT2D eigenvalue weighted by atomic mass is 16.2. The Morgan fingerprint density at radius 1 is 1.37 bits per heavy atom. The molecule has 0 aliphatic carbocycles. The second-order valence-electron chi connectivity index (χ2n) is 4.76. The highest BCUT2D eigenvalue weighted by Gasteiger charge is 2.18. The van der Waals surface area contributed by atoms with Crippen LogP contribution in [-0.2, 0) is 4.79 Å². The Balaban J connectivity index is 2.95. The van der Waals surface area contributed by atoms with Gasteiger partial charge in [-0.25, -0.2) is 0 Å². The molecule has 0 aliphatic heterocycles. The van der Waals surface area contributed by atoms with Crippen molar-refractivity contribution in [2.75, 3.05) is 6.54 Å². The number of carbonyl (C=O) groups is 1. The van der Waals surface area contributed by atoms with Gasteiger partial charge in [-0.05, 0) is 45.4 Å². The molecular weight excluding hydrogens is 236 g/mol. The first kappa shape index (κ1) is 15.0. The molecule has 19 heavy (non-hydrogen) atoms. The molecule has 1 amide bonds. The summed E-state index contributed by atoms with van der Waals surface area (Å²) in [5, 5.41) is 8.79. The van der Waals surface area contributed by atoms with Gasteiger partial charge in [-0.15, -0.1) is 0 Å². The SMILES string of the molecule is CCN(C(=O)C=C(C)C)C(C)c1ccc(C#N)cc1. The van der Waals surface area contributed by atoms with E-state index in [9.17, 15) is 4.79 Å². The molecule has 1 rings (SSSR count). The number of hydrogen-bond acceptors (Lipinski definition) is 2. The molecule has 1 aromatic carbocycles. The van der Waals surface area contributed by atoms with Gasteiger partial charge in [0.25, 0.3) is 0 Å². The molecule has 0 saturated heterocycles. The number of nitrogens with zero attached hydrogens (tertiary/aromatic N) is 2. The van der Waals surface area contributed by atoms with E-state index in [2.05, 4.69) is 6.07 Å². The van der Waals surface area contributed by atoms with Gasteiger partial charge in [-0.2, -0.15) is 5.26 Å². The molecule has 0 aromatic heterocycles. The van der Waals surface area contributed by atoms with E-state index in [1.54, 1.807) is 18.2 Å². The Kier molecular flexibility index (Phi) is 5.32. The molecule has 0 radical (unpaired) electrons. The van der Waals surface area contributed by atoms with Crippen LogP contribution in [0.25, 0.3) is 0 Å². The predicted molar refractivity (Wildman–Crippen MR) is 76.4 cm³/mol. The number of benzene rings is 1. The lowest BCUT2D eigenvalue weighted by atomic mass is 10.0. The van der Waals surface area contributed by atoms with Crippen molar-refractivity contribution in [1.82, 2.24) is 4.90 Å². The average molecular weight is 256 g/mol. The number of amides is 1. The Hall–Kier alpha value is -2.08. The number of allylic oxidation sites excluding steroid dienone is 1. The lowest BCUT2D eigenvalue weighted by Crippen LogP contribution is -2.32. The predicted octanol–water partition coefficient (Wildman–Crippen LogP) is 3.43. The van der Waals surface area contributed by atoms with E-state index in [4.69, 9.17) is 5.26 Å². The monoisotopic (exact) mass is 256 g/mol. The number of likely N-dealkylation sites (N-methyl/N-ethyl adjacent to an activating group) is 1. The van der Waals surface area contributed by atoms with Crippen molar-refractivity contribution in [3.8, 4) is 6.07 Å². The molecule has 1 unspecified atom stereocenters. The van der Waals surface area contributed by atoms with Crippen molar-refractivity contribution in [1.29, 1.82) is 5.26 Å². The van der Waals surface area contributed by atoms with Crippen LogP contribution in [0, 0.1) is 11.3 Å². The number of nitriles is 1. The fourth-order valence-corrected chi connectivity index (χ4v) is 1.97. The highest BCUT2D eigenvalue weighted by molar-refractivity contribution is 5.88. The van der Waals surface area contributed by atoms with Gasteiger partial charge in [0.2, 0.25) is 5.91 Å². The fourth-order valence-electron chi connectivity index (χ4n) is 1.97. The zero-order chi connectivity index (χ0) is 14.4. The molecule has 1 atom stereocenters. The van der Waals surface area contributed by atoms with Crippen molar-refractivity contribution in [3.63, 3.8) is 0 Å². The summed E-state index contributed by atoms with van der Waals surface area (Å²) in [4.78, 5) is 13.9. The first-order valence-corrected chi connectivity index (χ1v) is 6.45. The fraction of sp³-hybridized carbons (Fsp3) is 0.375. The minimum atomic E-state index is 0.000780. The maximum absolute atomic E-state index is 12.1. The van der Waals surface area contributed by atoms with Crippen LogP contribution in [0.2, 0.25) is 0 Å². The summed E-state index contributed by atoms with van der Waals surface area (Å²) in [6.45, 7) is 8.46. The molecule has 0 fully saturated rings. The summed E-state index contributed by atoms with van der Waals surface area (Å²) in [5.41, 5.74) is 2.67. The topological polar surface area (TPSA) is 44.1 Å². The van der Waals surface area contributed by atoms with Gasteiger partial charge in [0, 0.05) is 12.6 Å². The van der Waals surface area contributed by atoms with Crippen LogP contribution in [0.4, 0.5) is 0 Å². The molecule has 3 nitrogen and oxygen atoms in total. The molecular formula is C16H20N2O. The Morgan fingerprint density at radius 3 is 2.37 bits per heavy atom. The smallest absolute Gasteiger partial charge is 0.246 e. The van der Waals surface area contributed by atoms with Crippen molar-refractivity contribution in [2.45, 2.75) is 33.7 Å². The van der Waals surface area contributed by atoms with E-state index in [-0.39, 0.29) is 11.9 Å². The van der Waals surface area contributed by atoms with Gasteiger partial charge in [0.1, 0.15) is 0 Å². The second-order valence-corrected chi connectivity index (χ2v) is 4.76. The van der Waals surface area contributed by atoms with Crippen molar-refractivity contribution >= 4 is 5.91 Å². The van der Waals surface area contributed by atoms with Gasteiger partial charge in [-0.3, -0.25) is 4.79 Å². The van der Waals surface area contributed by atoms with E-state index in [1.165, 1.54) is 0 Å². The average Bonchev–Trinajstić information content (AvgIpc) is 2.38. The molecule has 0 spiro atoms. The lowest BCUT2D eigenvalue weighted by Gasteiger charge is -2.27. The summed E-state index contributed by atoms with van der Waals surface area (Å²) in [6, 6.07) is 9.47. The minimum Gasteiger partial charge on any atom is -0.333 e. The van der Waals surface area contributed by atoms with E-state index in [1.807, 2.05) is 44.7 Å². The molecule has 0 aliphatic rings. The highest BCUT2D eigenvalue weighted by Crippen LogP contribution is 2.21. The summed E-state index contributed by atoms with van der Waals surface area (Å²) < 4.78 is 0. The van der Waals surface area contributed by atoms with Gasteiger partial charge in [0.05, 0.1) is 17.7 Å². The first-order chi connectivity index (χ1) is 8.99. The number of hydrogen-bond donors (Lipinski definition) is 0. The molecule has 3 heteroatoms. The van der Waals surface area contributed by atoms with Crippen LogP contribution in [0.15, 0.2) is 35.9 Å². The quantitative estimate of drug-likeness (QED) is 0.775. The Labute approximate surface area is 115 Å². The van der Waals surface area contributed by atoms with Crippen molar-refractivity contribution in [2.24, 2.45) is 0 Å². The molecule has 100 valence electrons. The van der Waals surface area contributed by atoms with E-state index >= 15 is 0 Å². The van der Waals surface area contributed by atoms with E-state index < -0.39 is 0 Å². The van der Waals surface area contributed by atoms with E-state index in [0.717, 1.165) is 11.1 Å². The van der Waals surface area contributed by atoms with Gasteiger partial charge in [-0.1, -0.05) is 17.7 Å². The van der Waals surface area contributed by atoms with Gasteiger partial charge in [0.15, 0.2) is 0 Å². The number of rotatable bonds is 4. The Bertz CT molecular complexity index is 505. The van der Waals surface area contributed by atoms with Crippen LogP contribution in [0.3, 0.4) is 0 Å². The Morgan fingerprint density at radius 2 is 1.95 bits per heavy atom. The molecule has 0 bridgehead atoms. The van der Waals surface area contributed by atoms with Crippen LogP contribution >= 0.6 is 0 Å². The molecule has 1 aromatic rings. The molecule has 0 heterocycles. The van der Waals surface area contributed by atoms with Gasteiger partial charge < -0.3 is 4.90 Å². The summed E-state index contributed by atoms with van der Waals surface area (Å²) in [6.07, 6.45) is 1.66. The van der Waals surface area contributed by atoms with Crippen molar-refractivity contribution < 1.29 is 4.79 Å². The maximum Gasteiger partial charge on any atom is 0.246 e. The molecule has 0 saturated carbocycles.